The van der Waals surface area contributed by atoms with E-state index in [4.69, 9.17) is 4.74 Å². The van der Waals surface area contributed by atoms with Gasteiger partial charge in [0.25, 0.3) is 5.91 Å². The van der Waals surface area contributed by atoms with E-state index in [1.807, 2.05) is 0 Å². The number of carbonyl (C=O) groups is 3. The van der Waals surface area contributed by atoms with E-state index >= 15 is 0 Å². The summed E-state index contributed by atoms with van der Waals surface area (Å²) in [6, 6.07) is 6.02. The van der Waals surface area contributed by atoms with Crippen molar-refractivity contribution >= 4 is 46.7 Å². The number of hydrogen-bond donors (Lipinski definition) is 3. The highest BCUT2D eigenvalue weighted by molar-refractivity contribution is 7.51. The second kappa shape index (κ2) is 13.0. The van der Waals surface area contributed by atoms with Crippen LogP contribution in [0.2, 0.25) is 0 Å². The summed E-state index contributed by atoms with van der Waals surface area (Å²) in [5.74, 6) is -2.05. The number of alkyl halides is 1. The summed E-state index contributed by atoms with van der Waals surface area (Å²) >= 11 is 1.15. The van der Waals surface area contributed by atoms with Crippen LogP contribution in [0.25, 0.3) is 10.1 Å². The molecule has 3 aromatic rings. The van der Waals surface area contributed by atoms with Crippen molar-refractivity contribution in [2.45, 2.75) is 75.4 Å². The van der Waals surface area contributed by atoms with Crippen LogP contribution in [0.1, 0.15) is 78.1 Å². The fourth-order valence-corrected chi connectivity index (χ4v) is 8.60. The topological polar surface area (TPSA) is 149 Å². The smallest absolute Gasteiger partial charge is 0.363 e. The van der Waals surface area contributed by atoms with Crippen LogP contribution in [-0.2, 0) is 14.2 Å². The van der Waals surface area contributed by atoms with Crippen LogP contribution < -0.4 is 10.1 Å². The Balaban J connectivity index is 1.18. The Bertz CT molecular complexity index is 1690. The number of rotatable bonds is 8. The molecular formula is C32H38FN4O7PS. The number of thiophene rings is 1. The maximum Gasteiger partial charge on any atom is 0.363 e. The Morgan fingerprint density at radius 2 is 1.96 bits per heavy atom. The number of benzene rings is 1. The molecule has 0 saturated carbocycles. The molecule has 5 atom stereocenters. The van der Waals surface area contributed by atoms with Crippen LogP contribution in [0, 0.1) is 5.92 Å². The molecule has 11 nitrogen and oxygen atoms in total. The van der Waals surface area contributed by atoms with E-state index in [0.717, 1.165) is 48.3 Å². The molecule has 5 heterocycles. The molecule has 0 spiro atoms. The van der Waals surface area contributed by atoms with Gasteiger partial charge >= 0.3 is 7.60 Å². The van der Waals surface area contributed by atoms with Crippen LogP contribution in [-0.4, -0.2) is 80.6 Å². The van der Waals surface area contributed by atoms with Crippen molar-refractivity contribution in [2.24, 2.45) is 5.92 Å². The fraction of sp³-hybridized carbons (Fsp3) is 0.500. The summed E-state index contributed by atoms with van der Waals surface area (Å²) in [5.41, 5.74) is 0.785. The van der Waals surface area contributed by atoms with Crippen LogP contribution >= 0.6 is 18.9 Å². The number of likely N-dealkylation sites (tertiary alicyclic amines) is 1. The zero-order chi connectivity index (χ0) is 32.7. The van der Waals surface area contributed by atoms with Crippen molar-refractivity contribution < 1.29 is 37.9 Å². The number of halogens is 1. The number of carbonyl (C=O) groups excluding carboxylic acids is 3. The summed E-state index contributed by atoms with van der Waals surface area (Å²) < 4.78 is 31.8. The van der Waals surface area contributed by atoms with Crippen molar-refractivity contribution in [3.63, 3.8) is 0 Å². The summed E-state index contributed by atoms with van der Waals surface area (Å²) in [4.78, 5) is 68.0. The number of hydrogen-bond acceptors (Lipinski definition) is 7. The number of nitrogens with one attached hydrogen (secondary N) is 1. The quantitative estimate of drug-likeness (QED) is 0.291. The molecule has 3 aliphatic heterocycles. The molecule has 0 bridgehead atoms. The number of amides is 3. The van der Waals surface area contributed by atoms with Gasteiger partial charge in [-0.1, -0.05) is 19.4 Å². The number of nitrogens with zero attached hydrogens (tertiary/aromatic N) is 3. The molecular weight excluding hydrogens is 634 g/mol. The standard InChI is InChI=1S/C32H38FN4O7PS/c1-3-18-4-7-24(35-30(38)28-14-20-13-19(5-9-27(20)46-28)29(33)45(41,42)43)31(39)37-22(12-18)6-8-25(37)32(40)36-16-21(17-36)23-15-34-11-10-26(23)44-2/h5,9-11,13-15,18,21-22,24-25,29H,3-4,6-8,12,16-17H2,1-2H3,(H,35,38)(H2,41,42,43)/t18-,22-,24?,25+,29?/m1/s1. The molecule has 0 aliphatic carbocycles. The number of fused-ring (bicyclic) bond motifs is 2. The first-order valence-electron chi connectivity index (χ1n) is 15.6. The monoisotopic (exact) mass is 672 g/mol. The molecule has 14 heteroatoms. The van der Waals surface area contributed by atoms with Gasteiger partial charge in [0, 0.05) is 47.7 Å². The highest BCUT2D eigenvalue weighted by Crippen LogP contribution is 2.53. The maximum absolute atomic E-state index is 14.3. The molecule has 2 unspecified atom stereocenters. The molecule has 2 aromatic heterocycles. The minimum atomic E-state index is -4.98. The van der Waals surface area contributed by atoms with Crippen molar-refractivity contribution in [2.75, 3.05) is 20.2 Å². The average Bonchev–Trinajstić information content (AvgIpc) is 3.63. The van der Waals surface area contributed by atoms with Gasteiger partial charge in [0.2, 0.25) is 17.7 Å². The van der Waals surface area contributed by atoms with Crippen molar-refractivity contribution in [1.29, 1.82) is 0 Å². The number of methoxy groups -OCH3 is 1. The third-order valence-corrected chi connectivity index (χ3v) is 11.7. The van der Waals surface area contributed by atoms with E-state index in [9.17, 15) is 33.1 Å². The summed E-state index contributed by atoms with van der Waals surface area (Å²) in [6.07, 6.45) is 7.72. The average molecular weight is 673 g/mol. The van der Waals surface area contributed by atoms with Crippen LogP contribution in [0.15, 0.2) is 42.7 Å². The van der Waals surface area contributed by atoms with E-state index in [1.165, 1.54) is 24.3 Å². The summed E-state index contributed by atoms with van der Waals surface area (Å²) in [7, 11) is -3.37. The number of aromatic nitrogens is 1. The van der Waals surface area contributed by atoms with Gasteiger partial charge in [-0.15, -0.1) is 11.3 Å². The first-order valence-corrected chi connectivity index (χ1v) is 18.1. The van der Waals surface area contributed by atoms with Crippen molar-refractivity contribution in [3.8, 4) is 5.75 Å². The molecule has 3 saturated heterocycles. The second-order valence-electron chi connectivity index (χ2n) is 12.5. The van der Waals surface area contributed by atoms with Gasteiger partial charge in [-0.05, 0) is 73.2 Å². The molecule has 3 N–H and O–H groups in total. The number of ether oxygens (including phenoxy) is 1. The Morgan fingerprint density at radius 1 is 1.17 bits per heavy atom. The van der Waals surface area contributed by atoms with E-state index in [-0.39, 0.29) is 29.3 Å². The SMILES string of the molecule is CC[C@@H]1CCC(NC(=O)c2cc3cc(C(F)P(=O)(O)O)ccc3s2)C(=O)N2[C@H](CC[C@H]2C(=O)N2CC(c3cnccc3OC)C2)C1. The molecule has 1 aromatic carbocycles. The van der Waals surface area contributed by atoms with Crippen molar-refractivity contribution in [3.05, 3.63) is 58.7 Å². The Kier molecular flexibility index (Phi) is 9.22. The molecule has 3 aliphatic rings. The Labute approximate surface area is 270 Å². The Hall–Kier alpha value is -3.38. The molecule has 246 valence electrons. The fourth-order valence-electron chi connectivity index (χ4n) is 7.10. The number of pyridine rings is 1. The molecule has 6 rings (SSSR count). The maximum atomic E-state index is 14.3. The van der Waals surface area contributed by atoms with Gasteiger partial charge in [-0.2, -0.15) is 0 Å². The third kappa shape index (κ3) is 6.30. The minimum absolute atomic E-state index is 0.0737. The molecule has 3 amide bonds. The normalized spacial score (nSPS) is 24.6. The predicted molar refractivity (Wildman–Crippen MR) is 170 cm³/mol. The highest BCUT2D eigenvalue weighted by atomic mass is 32.1. The van der Waals surface area contributed by atoms with E-state index in [1.54, 1.807) is 35.4 Å². The van der Waals surface area contributed by atoms with Gasteiger partial charge in [-0.25, -0.2) is 4.39 Å². The van der Waals surface area contributed by atoms with Gasteiger partial charge in [0.05, 0.1) is 12.0 Å². The highest BCUT2D eigenvalue weighted by Gasteiger charge is 2.48. The van der Waals surface area contributed by atoms with Gasteiger partial charge < -0.3 is 29.6 Å². The second-order valence-corrected chi connectivity index (χ2v) is 15.2. The van der Waals surface area contributed by atoms with Gasteiger partial charge in [-0.3, -0.25) is 23.9 Å². The zero-order valence-electron chi connectivity index (χ0n) is 25.7. The lowest BCUT2D eigenvalue weighted by Gasteiger charge is -2.43. The van der Waals surface area contributed by atoms with Crippen LogP contribution in [0.3, 0.4) is 0 Å². The van der Waals surface area contributed by atoms with E-state index < -0.39 is 31.5 Å². The lowest BCUT2D eigenvalue weighted by Crippen LogP contribution is -2.60. The third-order valence-electron chi connectivity index (χ3n) is 9.69. The largest absolute Gasteiger partial charge is 0.496 e. The van der Waals surface area contributed by atoms with E-state index in [2.05, 4.69) is 17.2 Å². The van der Waals surface area contributed by atoms with Crippen molar-refractivity contribution in [1.82, 2.24) is 20.1 Å². The molecule has 46 heavy (non-hydrogen) atoms. The van der Waals surface area contributed by atoms with Gasteiger partial charge in [0.15, 0.2) is 0 Å². The van der Waals surface area contributed by atoms with Gasteiger partial charge in [0.1, 0.15) is 17.8 Å². The first-order chi connectivity index (χ1) is 22.0. The summed E-state index contributed by atoms with van der Waals surface area (Å²) in [6.45, 7) is 3.16. The first kappa shape index (κ1) is 32.6. The molecule has 3 fully saturated rings. The summed E-state index contributed by atoms with van der Waals surface area (Å²) in [5, 5.41) is 3.40. The lowest BCUT2D eigenvalue weighted by molar-refractivity contribution is -0.150. The molecule has 0 radical (unpaired) electrons. The minimum Gasteiger partial charge on any atom is -0.496 e. The van der Waals surface area contributed by atoms with Crippen LogP contribution in [0.5, 0.6) is 5.75 Å². The zero-order valence-corrected chi connectivity index (χ0v) is 27.4. The van der Waals surface area contributed by atoms with E-state index in [0.29, 0.717) is 46.8 Å². The predicted octanol–water partition coefficient (Wildman–Crippen LogP) is 4.74. The van der Waals surface area contributed by atoms with Crippen LogP contribution in [0.4, 0.5) is 4.39 Å². The Morgan fingerprint density at radius 3 is 2.67 bits per heavy atom. The lowest BCUT2D eigenvalue weighted by atomic mass is 9.87.